The highest BCUT2D eigenvalue weighted by Crippen LogP contribution is 2.66. The number of halogens is 1. The Labute approximate surface area is 284 Å². The van der Waals surface area contributed by atoms with Crippen molar-refractivity contribution in [3.63, 3.8) is 0 Å². The van der Waals surface area contributed by atoms with E-state index in [1.165, 1.54) is 12.4 Å². The van der Waals surface area contributed by atoms with Gasteiger partial charge < -0.3 is 9.47 Å². The van der Waals surface area contributed by atoms with Crippen LogP contribution in [0.15, 0.2) is 36.8 Å². The van der Waals surface area contributed by atoms with Crippen LogP contribution in [0.5, 0.6) is 5.75 Å². The molecule has 2 aliphatic heterocycles. The van der Waals surface area contributed by atoms with E-state index < -0.39 is 0 Å². The van der Waals surface area contributed by atoms with Gasteiger partial charge in [-0.25, -0.2) is 19.6 Å². The first-order valence-corrected chi connectivity index (χ1v) is 17.1. The molecule has 2 bridgehead atoms. The van der Waals surface area contributed by atoms with Gasteiger partial charge in [-0.2, -0.15) is 10.4 Å². The van der Waals surface area contributed by atoms with Crippen LogP contribution in [0.25, 0.3) is 22.2 Å². The highest BCUT2D eigenvalue weighted by atomic mass is 35.5. The van der Waals surface area contributed by atoms with Gasteiger partial charge in [0, 0.05) is 49.1 Å². The van der Waals surface area contributed by atoms with Gasteiger partial charge in [0.25, 0.3) is 5.91 Å². The molecule has 1 saturated heterocycles. The van der Waals surface area contributed by atoms with E-state index in [4.69, 9.17) is 31.2 Å². The second-order valence-corrected chi connectivity index (χ2v) is 15.0. The zero-order valence-electron chi connectivity index (χ0n) is 27.7. The van der Waals surface area contributed by atoms with Crippen LogP contribution >= 0.6 is 11.6 Å². The number of anilines is 1. The minimum atomic E-state index is -0.189. The van der Waals surface area contributed by atoms with Gasteiger partial charge in [-0.15, -0.1) is 0 Å². The van der Waals surface area contributed by atoms with Gasteiger partial charge >= 0.3 is 0 Å². The van der Waals surface area contributed by atoms with Gasteiger partial charge in [-0.3, -0.25) is 14.6 Å². The Balaban J connectivity index is 1.15. The van der Waals surface area contributed by atoms with Gasteiger partial charge in [-0.1, -0.05) is 38.4 Å². The number of fused-ring (bicyclic) bond motifs is 2. The largest absolute Gasteiger partial charge is 0.482 e. The third kappa shape index (κ3) is 4.96. The van der Waals surface area contributed by atoms with Gasteiger partial charge in [0.1, 0.15) is 17.6 Å². The predicted octanol–water partition coefficient (Wildman–Crippen LogP) is 5.74. The molecule has 48 heavy (non-hydrogen) atoms. The number of hydrogen-bond donors (Lipinski definition) is 0. The first-order chi connectivity index (χ1) is 23.1. The van der Waals surface area contributed by atoms with Crippen LogP contribution in [0.1, 0.15) is 69.6 Å². The molecule has 12 heteroatoms. The molecule has 4 aromatic rings. The summed E-state index contributed by atoms with van der Waals surface area (Å²) in [5.74, 6) is 1.52. The summed E-state index contributed by atoms with van der Waals surface area (Å²) >= 11 is 5.97. The summed E-state index contributed by atoms with van der Waals surface area (Å²) in [4.78, 5) is 31.0. The van der Waals surface area contributed by atoms with Gasteiger partial charge in [0.05, 0.1) is 46.4 Å². The molecule has 0 spiro atoms. The molecule has 248 valence electrons. The van der Waals surface area contributed by atoms with Crippen molar-refractivity contribution in [1.82, 2.24) is 29.6 Å². The minimum absolute atomic E-state index is 0.109. The summed E-state index contributed by atoms with van der Waals surface area (Å²) in [6.07, 6.45) is 9.99. The lowest BCUT2D eigenvalue weighted by molar-refractivity contribution is -0.284. The molecule has 3 aromatic heterocycles. The molecular formula is C36H39ClN8O3. The van der Waals surface area contributed by atoms with Crippen molar-refractivity contribution in [2.45, 2.75) is 76.6 Å². The van der Waals surface area contributed by atoms with Crippen LogP contribution in [0, 0.1) is 23.2 Å². The zero-order chi connectivity index (χ0) is 33.4. The quantitative estimate of drug-likeness (QED) is 0.232. The van der Waals surface area contributed by atoms with Gasteiger partial charge in [0.2, 0.25) is 0 Å². The lowest BCUT2D eigenvalue weighted by Crippen LogP contribution is -2.80. The maximum Gasteiger partial charge on any atom is 0.265 e. The highest BCUT2D eigenvalue weighted by Gasteiger charge is 2.71. The van der Waals surface area contributed by atoms with E-state index in [2.05, 4.69) is 46.4 Å². The van der Waals surface area contributed by atoms with Crippen LogP contribution in [-0.2, 0) is 22.5 Å². The maximum atomic E-state index is 13.0. The summed E-state index contributed by atoms with van der Waals surface area (Å²) in [6.45, 7) is 8.73. The number of aromatic nitrogens is 5. The van der Waals surface area contributed by atoms with E-state index in [0.717, 1.165) is 66.6 Å². The molecular weight excluding hydrogens is 628 g/mol. The molecule has 1 aromatic carbocycles. The second-order valence-electron chi connectivity index (χ2n) is 14.5. The van der Waals surface area contributed by atoms with E-state index in [9.17, 15) is 10.1 Å². The lowest BCUT2D eigenvalue weighted by Gasteiger charge is -2.73. The topological polar surface area (TPSA) is 122 Å². The van der Waals surface area contributed by atoms with E-state index in [1.54, 1.807) is 4.90 Å². The van der Waals surface area contributed by atoms with E-state index in [1.807, 2.05) is 31.5 Å². The Kier molecular flexibility index (Phi) is 7.47. The molecule has 1 amide bonds. The van der Waals surface area contributed by atoms with Crippen molar-refractivity contribution in [2.75, 3.05) is 31.7 Å². The number of likely N-dealkylation sites (tertiary alicyclic amines) is 1. The normalized spacial score (nSPS) is 26.5. The number of hydrogen-bond acceptors (Lipinski definition) is 9. The molecule has 3 aliphatic carbocycles. The van der Waals surface area contributed by atoms with Crippen LogP contribution in [0.2, 0.25) is 5.02 Å². The van der Waals surface area contributed by atoms with Crippen molar-refractivity contribution in [1.29, 1.82) is 5.26 Å². The summed E-state index contributed by atoms with van der Waals surface area (Å²) in [7, 11) is 1.85. The zero-order valence-corrected chi connectivity index (χ0v) is 28.5. The number of amides is 1. The Morgan fingerprint density at radius 3 is 2.65 bits per heavy atom. The fraction of sp³-hybridized carbons (Fsp3) is 0.500. The standard InChI is InChI=1S/C36H39ClN8O3/c1-21(2)9-27-25(11-38)33(23-5-6-29-30(10-23)48-17-32(46)44(29)16-31-39-12-24(37)13-40-31)26-14-41-45(34(26)42-27)28-7-8-43(15-22(28)3)35-18-36(19-35,20-35)47-4/h5-6,10,12-14,21-22,28H,7-9,15-20H2,1-4H3/t22-,28+,35?,36?/m1/s1. The van der Waals surface area contributed by atoms with Crippen molar-refractivity contribution < 1.29 is 14.3 Å². The van der Waals surface area contributed by atoms with Crippen LogP contribution in [0.3, 0.4) is 0 Å². The number of rotatable bonds is 8. The second kappa shape index (κ2) is 11.5. The molecule has 5 heterocycles. The number of nitrogens with zero attached hydrogens (tertiary/aromatic N) is 8. The number of piperidine rings is 1. The maximum absolute atomic E-state index is 13.0. The van der Waals surface area contributed by atoms with Crippen LogP contribution in [-0.4, -0.2) is 73.5 Å². The predicted molar refractivity (Wildman–Crippen MR) is 181 cm³/mol. The molecule has 4 fully saturated rings. The number of carbonyl (C=O) groups excluding carboxylic acids is 1. The van der Waals surface area contributed by atoms with Crippen molar-refractivity contribution in [3.05, 3.63) is 58.9 Å². The third-order valence-electron chi connectivity index (χ3n) is 10.9. The lowest BCUT2D eigenvalue weighted by atomic mass is 9.45. The molecule has 0 N–H and O–H groups in total. The number of nitriles is 1. The molecule has 9 rings (SSSR count). The molecule has 5 aliphatic rings. The first kappa shape index (κ1) is 31.2. The Bertz CT molecular complexity index is 1950. The SMILES string of the molecule is COC12CC(N3CC[C@H](n4ncc5c(-c6ccc7c(c6)OCC(=O)N7Cc6ncc(Cl)cn6)c(C#N)c(CC(C)C)nc54)[C@H](C)C3)(C1)C2. The average Bonchev–Trinajstić information content (AvgIpc) is 3.44. The third-order valence-corrected chi connectivity index (χ3v) is 11.1. The number of methoxy groups -OCH3 is 1. The average molecular weight is 667 g/mol. The fourth-order valence-corrected chi connectivity index (χ4v) is 8.62. The summed E-state index contributed by atoms with van der Waals surface area (Å²) in [5, 5.41) is 16.8. The van der Waals surface area contributed by atoms with Gasteiger partial charge in [-0.05, 0) is 61.6 Å². The smallest absolute Gasteiger partial charge is 0.265 e. The summed E-state index contributed by atoms with van der Waals surface area (Å²) in [5.41, 5.74) is 4.81. The van der Waals surface area contributed by atoms with Crippen molar-refractivity contribution in [2.24, 2.45) is 11.8 Å². The van der Waals surface area contributed by atoms with Crippen LogP contribution in [0.4, 0.5) is 5.69 Å². The number of ether oxygens (including phenoxy) is 2. The summed E-state index contributed by atoms with van der Waals surface area (Å²) in [6, 6.07) is 8.42. The van der Waals surface area contributed by atoms with E-state index in [-0.39, 0.29) is 30.7 Å². The Morgan fingerprint density at radius 2 is 1.96 bits per heavy atom. The first-order valence-electron chi connectivity index (χ1n) is 16.8. The molecule has 2 atom stereocenters. The Hall–Kier alpha value is -4.11. The van der Waals surface area contributed by atoms with Crippen LogP contribution < -0.4 is 9.64 Å². The number of benzene rings is 1. The number of carbonyl (C=O) groups is 1. The number of pyridine rings is 1. The van der Waals surface area contributed by atoms with E-state index in [0.29, 0.717) is 51.6 Å². The molecule has 0 radical (unpaired) electrons. The van der Waals surface area contributed by atoms with E-state index >= 15 is 0 Å². The Morgan fingerprint density at radius 1 is 1.19 bits per heavy atom. The molecule has 11 nitrogen and oxygen atoms in total. The minimum Gasteiger partial charge on any atom is -0.482 e. The van der Waals surface area contributed by atoms with Crippen molar-refractivity contribution in [3.8, 4) is 22.9 Å². The highest BCUT2D eigenvalue weighted by molar-refractivity contribution is 6.30. The fourth-order valence-electron chi connectivity index (χ4n) is 8.52. The molecule has 3 saturated carbocycles. The van der Waals surface area contributed by atoms with Gasteiger partial charge in [0.15, 0.2) is 12.3 Å². The monoisotopic (exact) mass is 666 g/mol. The summed E-state index contributed by atoms with van der Waals surface area (Å²) < 4.78 is 13.9. The van der Waals surface area contributed by atoms with Crippen molar-refractivity contribution >= 4 is 34.2 Å². The molecule has 0 unspecified atom stereocenters.